The van der Waals surface area contributed by atoms with Crippen molar-refractivity contribution in [3.05, 3.63) is 59.7 Å². The molecule has 1 fully saturated rings. The Morgan fingerprint density at radius 1 is 1.19 bits per heavy atom. The number of sulfonamides is 1. The minimum absolute atomic E-state index is 0.284. The quantitative estimate of drug-likeness (QED) is 0.598. The first kappa shape index (κ1) is 21.5. The summed E-state index contributed by atoms with van der Waals surface area (Å²) >= 11 is 0. The lowest BCUT2D eigenvalue weighted by Gasteiger charge is -2.23. The lowest BCUT2D eigenvalue weighted by atomic mass is 10.1. The molecule has 164 valence electrons. The molecule has 1 atom stereocenters. The van der Waals surface area contributed by atoms with Crippen LogP contribution in [-0.2, 0) is 16.6 Å². The lowest BCUT2D eigenvalue weighted by Crippen LogP contribution is -2.31. The highest BCUT2D eigenvalue weighted by atomic mass is 32.2. The van der Waals surface area contributed by atoms with Gasteiger partial charge in [0.1, 0.15) is 16.5 Å². The van der Waals surface area contributed by atoms with Crippen LogP contribution in [-0.4, -0.2) is 39.0 Å². The molecule has 1 saturated heterocycles. The maximum atomic E-state index is 13.5. The number of nitrogens with zero attached hydrogens (tertiary/aromatic N) is 5. The molecule has 0 aliphatic carbocycles. The van der Waals surface area contributed by atoms with Gasteiger partial charge in [-0.15, -0.1) is 0 Å². The van der Waals surface area contributed by atoms with Gasteiger partial charge in [-0.1, -0.05) is 19.1 Å². The average Bonchev–Trinajstić information content (AvgIpc) is 3.38. The molecule has 31 heavy (non-hydrogen) atoms. The van der Waals surface area contributed by atoms with Crippen LogP contribution in [0.5, 0.6) is 0 Å². The number of hydrogen-bond acceptors (Lipinski definition) is 6. The fraction of sp³-hybridized carbons (Fsp3) is 0.409. The number of anilines is 2. The maximum Gasteiger partial charge on any atom is 0.247 e. The predicted octanol–water partition coefficient (Wildman–Crippen LogP) is 3.97. The van der Waals surface area contributed by atoms with E-state index in [-0.39, 0.29) is 10.9 Å². The molecule has 4 rings (SSSR count). The molecule has 3 aromatic rings. The van der Waals surface area contributed by atoms with Crippen molar-refractivity contribution in [3.63, 3.8) is 0 Å². The van der Waals surface area contributed by atoms with Crippen molar-refractivity contribution in [2.45, 2.75) is 57.5 Å². The van der Waals surface area contributed by atoms with Crippen molar-refractivity contribution in [2.24, 2.45) is 0 Å². The first-order chi connectivity index (χ1) is 14.9. The van der Waals surface area contributed by atoms with Crippen LogP contribution < -0.4 is 5.32 Å². The van der Waals surface area contributed by atoms with E-state index in [4.69, 9.17) is 4.98 Å². The summed E-state index contributed by atoms with van der Waals surface area (Å²) in [5.41, 5.74) is 2.28. The molecule has 0 aromatic carbocycles. The molecule has 0 amide bonds. The van der Waals surface area contributed by atoms with Gasteiger partial charge in [-0.25, -0.2) is 18.4 Å². The van der Waals surface area contributed by atoms with Crippen molar-refractivity contribution in [1.29, 1.82) is 0 Å². The number of aryl methyl sites for hydroxylation is 3. The van der Waals surface area contributed by atoms with Gasteiger partial charge in [0.05, 0.1) is 17.4 Å². The van der Waals surface area contributed by atoms with Crippen LogP contribution in [0.2, 0.25) is 0 Å². The monoisotopic (exact) mass is 440 g/mol. The van der Waals surface area contributed by atoms with Gasteiger partial charge in [0, 0.05) is 25.5 Å². The number of aromatic nitrogens is 4. The van der Waals surface area contributed by atoms with E-state index < -0.39 is 10.0 Å². The topological polar surface area (TPSA) is 93.0 Å². The zero-order chi connectivity index (χ0) is 22.0. The molecule has 3 aromatic heterocycles. The Hall–Kier alpha value is -2.78. The molecule has 4 heterocycles. The second kappa shape index (κ2) is 8.76. The smallest absolute Gasteiger partial charge is 0.247 e. The summed E-state index contributed by atoms with van der Waals surface area (Å²) < 4.78 is 30.3. The Balaban J connectivity index is 1.62. The summed E-state index contributed by atoms with van der Waals surface area (Å²) in [6.07, 6.45) is 5.81. The Morgan fingerprint density at radius 3 is 2.81 bits per heavy atom. The molecule has 0 spiro atoms. The highest BCUT2D eigenvalue weighted by Gasteiger charge is 2.38. The molecule has 0 saturated carbocycles. The zero-order valence-corrected chi connectivity index (χ0v) is 18.9. The second-order valence-electron chi connectivity index (χ2n) is 7.86. The van der Waals surface area contributed by atoms with Crippen molar-refractivity contribution in [3.8, 4) is 0 Å². The Labute approximate surface area is 183 Å². The van der Waals surface area contributed by atoms with Crippen LogP contribution in [0.15, 0.2) is 47.6 Å². The van der Waals surface area contributed by atoms with E-state index >= 15 is 0 Å². The lowest BCUT2D eigenvalue weighted by molar-refractivity contribution is 0.390. The maximum absolute atomic E-state index is 13.5. The van der Waals surface area contributed by atoms with E-state index in [9.17, 15) is 8.42 Å². The molecule has 0 unspecified atom stereocenters. The van der Waals surface area contributed by atoms with Crippen LogP contribution in [0.3, 0.4) is 0 Å². The van der Waals surface area contributed by atoms with Crippen molar-refractivity contribution >= 4 is 21.7 Å². The van der Waals surface area contributed by atoms with Crippen LogP contribution in [0, 0.1) is 13.8 Å². The van der Waals surface area contributed by atoms with E-state index in [1.807, 2.05) is 44.2 Å². The van der Waals surface area contributed by atoms with E-state index in [2.05, 4.69) is 15.4 Å². The van der Waals surface area contributed by atoms with Gasteiger partial charge in [-0.05, 0) is 56.9 Å². The number of pyridine rings is 2. The van der Waals surface area contributed by atoms with Crippen LogP contribution >= 0.6 is 0 Å². The molecular formula is C22H28N6O2S. The fourth-order valence-electron chi connectivity index (χ4n) is 3.99. The van der Waals surface area contributed by atoms with Crippen LogP contribution in [0.1, 0.15) is 49.2 Å². The van der Waals surface area contributed by atoms with Gasteiger partial charge in [0.15, 0.2) is 0 Å². The van der Waals surface area contributed by atoms with Crippen LogP contribution in [0.25, 0.3) is 0 Å². The summed E-state index contributed by atoms with van der Waals surface area (Å²) in [4.78, 5) is 9.37. The highest BCUT2D eigenvalue weighted by Crippen LogP contribution is 2.36. The number of rotatable bonds is 7. The number of hydrogen-bond donors (Lipinski definition) is 1. The third-order valence-electron chi connectivity index (χ3n) is 5.51. The Kier molecular flexibility index (Phi) is 6.06. The first-order valence-electron chi connectivity index (χ1n) is 10.6. The predicted molar refractivity (Wildman–Crippen MR) is 120 cm³/mol. The van der Waals surface area contributed by atoms with Gasteiger partial charge >= 0.3 is 0 Å². The summed E-state index contributed by atoms with van der Waals surface area (Å²) in [5.74, 6) is 1.39. The first-order valence-corrected chi connectivity index (χ1v) is 12.1. The second-order valence-corrected chi connectivity index (χ2v) is 9.72. The minimum atomic E-state index is -3.67. The highest BCUT2D eigenvalue weighted by molar-refractivity contribution is 7.89. The summed E-state index contributed by atoms with van der Waals surface area (Å²) in [6.45, 7) is 6.94. The fourth-order valence-corrected chi connectivity index (χ4v) is 5.83. The molecule has 0 radical (unpaired) electrons. The normalized spacial score (nSPS) is 17.2. The van der Waals surface area contributed by atoms with Gasteiger partial charge < -0.3 is 5.32 Å². The van der Waals surface area contributed by atoms with Gasteiger partial charge in [0.25, 0.3) is 0 Å². The van der Waals surface area contributed by atoms with E-state index in [0.29, 0.717) is 24.6 Å². The minimum Gasteiger partial charge on any atom is -0.325 e. The molecule has 1 aliphatic heterocycles. The zero-order valence-electron chi connectivity index (χ0n) is 18.1. The van der Waals surface area contributed by atoms with Gasteiger partial charge in [-0.3, -0.25) is 4.68 Å². The summed E-state index contributed by atoms with van der Waals surface area (Å²) in [6, 6.07) is 9.22. The van der Waals surface area contributed by atoms with Crippen molar-refractivity contribution < 1.29 is 8.42 Å². The van der Waals surface area contributed by atoms with E-state index in [0.717, 1.165) is 36.3 Å². The molecule has 0 bridgehead atoms. The van der Waals surface area contributed by atoms with Gasteiger partial charge in [0.2, 0.25) is 10.0 Å². The van der Waals surface area contributed by atoms with E-state index in [1.165, 1.54) is 0 Å². The Morgan fingerprint density at radius 2 is 2.03 bits per heavy atom. The SMILES string of the molecule is CCCn1cc(S(=O)(=O)N2CCC[C@H]2c2cccc(Nc3ncccc3C)n2)c(C)n1. The third-order valence-corrected chi connectivity index (χ3v) is 7.52. The summed E-state index contributed by atoms with van der Waals surface area (Å²) in [7, 11) is -3.67. The Bertz CT molecular complexity index is 1170. The summed E-state index contributed by atoms with van der Waals surface area (Å²) in [5, 5.41) is 7.63. The van der Waals surface area contributed by atoms with Crippen molar-refractivity contribution in [2.75, 3.05) is 11.9 Å². The average molecular weight is 441 g/mol. The molecule has 1 aliphatic rings. The molecule has 1 N–H and O–H groups in total. The van der Waals surface area contributed by atoms with E-state index in [1.54, 1.807) is 28.3 Å². The molecule has 9 heteroatoms. The largest absolute Gasteiger partial charge is 0.325 e. The molecular weight excluding hydrogens is 412 g/mol. The third kappa shape index (κ3) is 4.33. The number of nitrogens with one attached hydrogen (secondary N) is 1. The standard InChI is InChI=1S/C22H28N6O2S/c1-4-13-27-15-20(17(3)26-27)31(29,30)28-14-7-10-19(28)18-9-5-11-21(24-18)25-22-16(2)8-6-12-23-22/h5-6,8-9,11-12,15,19H,4,7,10,13-14H2,1-3H3,(H,23,24,25)/t19-/m0/s1. The van der Waals surface area contributed by atoms with Crippen LogP contribution in [0.4, 0.5) is 11.6 Å². The molecule has 8 nitrogen and oxygen atoms in total. The van der Waals surface area contributed by atoms with Gasteiger partial charge in [-0.2, -0.15) is 9.40 Å². The van der Waals surface area contributed by atoms with Crippen molar-refractivity contribution in [1.82, 2.24) is 24.1 Å².